The zero-order valence-corrected chi connectivity index (χ0v) is 17.4. The van der Waals surface area contributed by atoms with Gasteiger partial charge in [0.2, 0.25) is 0 Å². The fourth-order valence-electron chi connectivity index (χ4n) is 2.93. The molecule has 0 saturated carbocycles. The number of benzene rings is 1. The minimum absolute atomic E-state index is 0. The van der Waals surface area contributed by atoms with Crippen molar-refractivity contribution in [3.8, 4) is 0 Å². The van der Waals surface area contributed by atoms with Crippen LogP contribution in [0, 0.1) is 5.41 Å². The van der Waals surface area contributed by atoms with Crippen LogP contribution in [0.1, 0.15) is 27.5 Å². The number of hydrogen-bond donors (Lipinski definition) is 3. The topological polar surface area (TPSA) is 112 Å². The SMILES string of the molecule is C.Cn1cc(C(=O)Nc2ccc(N3CCOC3=N)cc2)c(NC(=O)c2ccc(Cl)s2)n1. The molecule has 0 radical (unpaired) electrons. The van der Waals surface area contributed by atoms with Gasteiger partial charge in [-0.15, -0.1) is 11.3 Å². The molecule has 3 aromatic rings. The average molecular weight is 461 g/mol. The van der Waals surface area contributed by atoms with Crippen molar-refractivity contribution in [1.82, 2.24) is 9.78 Å². The molecule has 1 fully saturated rings. The maximum atomic E-state index is 12.8. The zero-order valence-electron chi connectivity index (χ0n) is 15.8. The highest BCUT2D eigenvalue weighted by atomic mass is 35.5. The van der Waals surface area contributed by atoms with Gasteiger partial charge >= 0.3 is 0 Å². The van der Waals surface area contributed by atoms with E-state index in [1.807, 2.05) is 0 Å². The highest BCUT2D eigenvalue weighted by Gasteiger charge is 2.21. The Hall–Kier alpha value is -3.37. The third-order valence-electron chi connectivity index (χ3n) is 4.34. The lowest BCUT2D eigenvalue weighted by molar-refractivity contribution is 0.102. The molecule has 2 amide bonds. The fraction of sp³-hybridized carbons (Fsp3) is 0.200. The molecule has 1 aromatic carbocycles. The van der Waals surface area contributed by atoms with Gasteiger partial charge in [0, 0.05) is 24.6 Å². The van der Waals surface area contributed by atoms with Crippen molar-refractivity contribution in [1.29, 1.82) is 5.41 Å². The van der Waals surface area contributed by atoms with Crippen molar-refractivity contribution >= 4 is 58.0 Å². The Morgan fingerprint density at radius 2 is 1.90 bits per heavy atom. The highest BCUT2D eigenvalue weighted by Crippen LogP contribution is 2.24. The van der Waals surface area contributed by atoms with Gasteiger partial charge in [0.1, 0.15) is 12.2 Å². The minimum Gasteiger partial charge on any atom is -0.463 e. The molecule has 1 aliphatic heterocycles. The summed E-state index contributed by atoms with van der Waals surface area (Å²) in [5.74, 6) is -0.643. The first-order valence-electron chi connectivity index (χ1n) is 8.91. The van der Waals surface area contributed by atoms with E-state index < -0.39 is 5.91 Å². The summed E-state index contributed by atoms with van der Waals surface area (Å²) in [5, 5.41) is 17.4. The molecule has 0 unspecified atom stereocenters. The highest BCUT2D eigenvalue weighted by molar-refractivity contribution is 7.18. The molecule has 2 aromatic heterocycles. The summed E-state index contributed by atoms with van der Waals surface area (Å²) >= 11 is 7.02. The van der Waals surface area contributed by atoms with E-state index in [-0.39, 0.29) is 30.7 Å². The van der Waals surface area contributed by atoms with Gasteiger partial charge < -0.3 is 15.4 Å². The standard InChI is InChI=1S/C19H17ClN6O3S.CH4/c1-25-10-13(16(24-25)23-18(28)14-6-7-15(20)30-14)17(27)22-11-2-4-12(5-3-11)26-8-9-29-19(26)21;/h2-7,10,21H,8-9H2,1H3,(H,22,27)(H,23,24,28);1H4. The number of carbonyl (C=O) groups is 2. The smallest absolute Gasteiger partial charge is 0.289 e. The van der Waals surface area contributed by atoms with Crippen LogP contribution in [-0.4, -0.2) is 40.8 Å². The van der Waals surface area contributed by atoms with E-state index >= 15 is 0 Å². The van der Waals surface area contributed by atoms with E-state index in [0.717, 1.165) is 17.0 Å². The molecule has 0 bridgehead atoms. The molecule has 11 heteroatoms. The van der Waals surface area contributed by atoms with Gasteiger partial charge in [0.15, 0.2) is 5.82 Å². The van der Waals surface area contributed by atoms with E-state index in [2.05, 4.69) is 15.7 Å². The number of amides is 2. The number of anilines is 3. The summed E-state index contributed by atoms with van der Waals surface area (Å²) in [5.41, 5.74) is 1.60. The molecule has 0 spiro atoms. The number of halogens is 1. The summed E-state index contributed by atoms with van der Waals surface area (Å²) < 4.78 is 7.09. The molecule has 9 nitrogen and oxygen atoms in total. The third kappa shape index (κ3) is 4.86. The Labute approximate surface area is 188 Å². The molecule has 1 aliphatic rings. The van der Waals surface area contributed by atoms with Crippen molar-refractivity contribution in [3.05, 3.63) is 57.4 Å². The third-order valence-corrected chi connectivity index (χ3v) is 5.57. The number of rotatable bonds is 5. The number of ether oxygens (including phenoxy) is 1. The lowest BCUT2D eigenvalue weighted by atomic mass is 10.2. The number of aryl methyl sites for hydroxylation is 1. The van der Waals surface area contributed by atoms with Gasteiger partial charge in [-0.2, -0.15) is 5.10 Å². The first-order valence-corrected chi connectivity index (χ1v) is 10.1. The predicted octanol–water partition coefficient (Wildman–Crippen LogP) is 4.05. The van der Waals surface area contributed by atoms with Gasteiger partial charge in [0.05, 0.1) is 15.8 Å². The summed E-state index contributed by atoms with van der Waals surface area (Å²) in [7, 11) is 1.66. The Balaban J connectivity index is 0.00000272. The van der Waals surface area contributed by atoms with Crippen LogP contribution in [0.2, 0.25) is 4.34 Å². The van der Waals surface area contributed by atoms with Crippen LogP contribution in [0.25, 0.3) is 0 Å². The monoisotopic (exact) mass is 460 g/mol. The van der Waals surface area contributed by atoms with E-state index in [0.29, 0.717) is 28.1 Å². The summed E-state index contributed by atoms with van der Waals surface area (Å²) in [6, 6.07) is 10.4. The molecule has 4 rings (SSSR count). The Morgan fingerprint density at radius 3 is 2.52 bits per heavy atom. The number of nitrogens with zero attached hydrogens (tertiary/aromatic N) is 3. The molecule has 0 atom stereocenters. The van der Waals surface area contributed by atoms with Crippen LogP contribution in [0.3, 0.4) is 0 Å². The van der Waals surface area contributed by atoms with Crippen molar-refractivity contribution in [3.63, 3.8) is 0 Å². The Morgan fingerprint density at radius 1 is 1.16 bits per heavy atom. The van der Waals surface area contributed by atoms with Crippen LogP contribution in [0.15, 0.2) is 42.6 Å². The average Bonchev–Trinajstić information content (AvgIpc) is 3.43. The van der Waals surface area contributed by atoms with E-state index in [1.165, 1.54) is 10.9 Å². The lowest BCUT2D eigenvalue weighted by Gasteiger charge is -2.15. The second kappa shape index (κ2) is 9.19. The van der Waals surface area contributed by atoms with Crippen LogP contribution in [0.4, 0.5) is 17.2 Å². The van der Waals surface area contributed by atoms with E-state index in [9.17, 15) is 9.59 Å². The fourth-order valence-corrected chi connectivity index (χ4v) is 3.87. The number of hydrogen-bond acceptors (Lipinski definition) is 6. The Bertz CT molecular complexity index is 1120. The van der Waals surface area contributed by atoms with Crippen LogP contribution in [0.5, 0.6) is 0 Å². The van der Waals surface area contributed by atoms with Crippen molar-refractivity contribution in [2.45, 2.75) is 7.43 Å². The molecular weight excluding hydrogens is 440 g/mol. The molecule has 3 heterocycles. The van der Waals surface area contributed by atoms with Gasteiger partial charge in [-0.1, -0.05) is 19.0 Å². The number of thiophene rings is 1. The summed E-state index contributed by atoms with van der Waals surface area (Å²) in [4.78, 5) is 27.3. The van der Waals surface area contributed by atoms with Crippen molar-refractivity contribution < 1.29 is 14.3 Å². The summed E-state index contributed by atoms with van der Waals surface area (Å²) in [6.45, 7) is 1.09. The number of aromatic nitrogens is 2. The normalized spacial score (nSPS) is 12.8. The Kier molecular flexibility index (Phi) is 6.62. The first kappa shape index (κ1) is 22.3. The van der Waals surface area contributed by atoms with Gasteiger partial charge in [0.25, 0.3) is 17.8 Å². The maximum Gasteiger partial charge on any atom is 0.289 e. The van der Waals surface area contributed by atoms with Gasteiger partial charge in [-0.25, -0.2) is 0 Å². The zero-order chi connectivity index (χ0) is 21.3. The second-order valence-corrected chi connectivity index (χ2v) is 8.14. The molecule has 3 N–H and O–H groups in total. The summed E-state index contributed by atoms with van der Waals surface area (Å²) in [6.07, 6.45) is 1.53. The van der Waals surface area contributed by atoms with Gasteiger partial charge in [-0.05, 0) is 36.4 Å². The molecular formula is C20H21ClN6O3S. The van der Waals surface area contributed by atoms with Crippen molar-refractivity contribution in [2.75, 3.05) is 28.7 Å². The largest absolute Gasteiger partial charge is 0.463 e. The van der Waals surface area contributed by atoms with Crippen LogP contribution >= 0.6 is 22.9 Å². The first-order chi connectivity index (χ1) is 14.4. The lowest BCUT2D eigenvalue weighted by Crippen LogP contribution is -2.23. The minimum atomic E-state index is -0.410. The maximum absolute atomic E-state index is 12.8. The van der Waals surface area contributed by atoms with Crippen molar-refractivity contribution in [2.24, 2.45) is 7.05 Å². The molecule has 31 heavy (non-hydrogen) atoms. The number of carbonyl (C=O) groups excluding carboxylic acids is 2. The molecule has 1 saturated heterocycles. The van der Waals surface area contributed by atoms with Crippen LogP contribution < -0.4 is 15.5 Å². The van der Waals surface area contributed by atoms with E-state index in [1.54, 1.807) is 48.3 Å². The molecule has 0 aliphatic carbocycles. The van der Waals surface area contributed by atoms with E-state index in [4.69, 9.17) is 21.7 Å². The number of nitrogens with one attached hydrogen (secondary N) is 3. The van der Waals surface area contributed by atoms with Crippen LogP contribution in [-0.2, 0) is 11.8 Å². The van der Waals surface area contributed by atoms with Gasteiger partial charge in [-0.3, -0.25) is 24.6 Å². The predicted molar refractivity (Wildman–Crippen MR) is 123 cm³/mol. The quantitative estimate of drug-likeness (QED) is 0.531. The second-order valence-electron chi connectivity index (χ2n) is 6.43. The molecule has 162 valence electrons. The number of amidine groups is 1.